The van der Waals surface area contributed by atoms with Crippen LogP contribution in [0, 0.1) is 23.5 Å². The standard InChI is InChI=1S/C24H31F2N3O2S/c1-15(2)22(28-23(30)21-17(25)6-4-7-18(21)26)24(31)27-14-19(20-8-5-13-32-20)29-11-9-16(3)10-12-29/h4-8,13,15-16,19,22H,9-12,14H2,1-3H3,(H,27,31)(H,28,30). The van der Waals surface area contributed by atoms with Gasteiger partial charge in [0.25, 0.3) is 5.91 Å². The van der Waals surface area contributed by atoms with E-state index < -0.39 is 29.1 Å². The molecular formula is C24H31F2N3O2S. The molecule has 0 spiro atoms. The number of halogens is 2. The van der Waals surface area contributed by atoms with E-state index in [1.807, 2.05) is 11.4 Å². The van der Waals surface area contributed by atoms with E-state index in [4.69, 9.17) is 0 Å². The van der Waals surface area contributed by atoms with E-state index in [1.54, 1.807) is 25.2 Å². The minimum Gasteiger partial charge on any atom is -0.352 e. The van der Waals surface area contributed by atoms with Crippen molar-refractivity contribution in [2.75, 3.05) is 19.6 Å². The van der Waals surface area contributed by atoms with E-state index in [2.05, 4.69) is 28.5 Å². The maximum atomic E-state index is 14.0. The summed E-state index contributed by atoms with van der Waals surface area (Å²) in [6.45, 7) is 8.16. The van der Waals surface area contributed by atoms with Gasteiger partial charge >= 0.3 is 0 Å². The first kappa shape index (κ1) is 24.3. The summed E-state index contributed by atoms with van der Waals surface area (Å²) in [5.74, 6) is -2.77. The minimum absolute atomic E-state index is 0.0546. The zero-order valence-electron chi connectivity index (χ0n) is 18.7. The van der Waals surface area contributed by atoms with Crippen LogP contribution in [0.3, 0.4) is 0 Å². The number of amides is 2. The summed E-state index contributed by atoms with van der Waals surface area (Å²) in [4.78, 5) is 29.1. The molecule has 1 aromatic heterocycles. The number of nitrogens with zero attached hydrogens (tertiary/aromatic N) is 1. The van der Waals surface area contributed by atoms with Gasteiger partial charge in [-0.3, -0.25) is 14.5 Å². The molecule has 1 fully saturated rings. The molecule has 5 nitrogen and oxygen atoms in total. The highest BCUT2D eigenvalue weighted by Crippen LogP contribution is 2.29. The molecule has 0 aliphatic carbocycles. The zero-order valence-corrected chi connectivity index (χ0v) is 19.6. The fourth-order valence-electron chi connectivity index (χ4n) is 4.00. The Morgan fingerprint density at radius 1 is 1.12 bits per heavy atom. The summed E-state index contributed by atoms with van der Waals surface area (Å²) < 4.78 is 28.0. The van der Waals surface area contributed by atoms with Crippen LogP contribution in [-0.4, -0.2) is 42.4 Å². The molecular weight excluding hydrogens is 432 g/mol. The average Bonchev–Trinajstić information content (AvgIpc) is 3.27. The Bertz CT molecular complexity index is 892. The largest absolute Gasteiger partial charge is 0.352 e. The van der Waals surface area contributed by atoms with Crippen molar-refractivity contribution in [1.82, 2.24) is 15.5 Å². The predicted molar refractivity (Wildman–Crippen MR) is 122 cm³/mol. The van der Waals surface area contributed by atoms with Crippen molar-refractivity contribution in [3.05, 3.63) is 57.8 Å². The van der Waals surface area contributed by atoms with Gasteiger partial charge in [-0.15, -0.1) is 11.3 Å². The van der Waals surface area contributed by atoms with Crippen molar-refractivity contribution in [3.8, 4) is 0 Å². The van der Waals surface area contributed by atoms with Crippen molar-refractivity contribution in [3.63, 3.8) is 0 Å². The van der Waals surface area contributed by atoms with Gasteiger partial charge in [-0.25, -0.2) is 8.78 Å². The lowest BCUT2D eigenvalue weighted by Crippen LogP contribution is -2.51. The van der Waals surface area contributed by atoms with Crippen LogP contribution in [-0.2, 0) is 4.79 Å². The number of rotatable bonds is 8. The van der Waals surface area contributed by atoms with Gasteiger partial charge in [-0.05, 0) is 61.3 Å². The van der Waals surface area contributed by atoms with Crippen molar-refractivity contribution < 1.29 is 18.4 Å². The predicted octanol–water partition coefficient (Wildman–Crippen LogP) is 4.37. The van der Waals surface area contributed by atoms with Gasteiger partial charge in [0.2, 0.25) is 5.91 Å². The Hall–Kier alpha value is -2.32. The Labute approximate surface area is 192 Å². The molecule has 2 N–H and O–H groups in total. The van der Waals surface area contributed by atoms with Gasteiger partial charge in [0.05, 0.1) is 6.04 Å². The smallest absolute Gasteiger partial charge is 0.257 e. The highest BCUT2D eigenvalue weighted by atomic mass is 32.1. The van der Waals surface area contributed by atoms with Crippen LogP contribution >= 0.6 is 11.3 Å². The average molecular weight is 464 g/mol. The second-order valence-electron chi connectivity index (χ2n) is 8.79. The van der Waals surface area contributed by atoms with E-state index in [9.17, 15) is 18.4 Å². The van der Waals surface area contributed by atoms with Crippen LogP contribution in [0.4, 0.5) is 8.78 Å². The van der Waals surface area contributed by atoms with E-state index >= 15 is 0 Å². The van der Waals surface area contributed by atoms with Gasteiger partial charge in [-0.1, -0.05) is 32.9 Å². The third kappa shape index (κ3) is 5.92. The number of likely N-dealkylation sites (tertiary alicyclic amines) is 1. The number of thiophene rings is 1. The number of piperidine rings is 1. The third-order valence-electron chi connectivity index (χ3n) is 6.03. The molecule has 2 aromatic rings. The molecule has 1 aromatic carbocycles. The topological polar surface area (TPSA) is 61.4 Å². The van der Waals surface area contributed by atoms with Crippen LogP contribution in [0.15, 0.2) is 35.7 Å². The Morgan fingerprint density at radius 2 is 1.78 bits per heavy atom. The zero-order chi connectivity index (χ0) is 23.3. The summed E-state index contributed by atoms with van der Waals surface area (Å²) in [7, 11) is 0. The minimum atomic E-state index is -0.956. The van der Waals surface area contributed by atoms with Crippen LogP contribution < -0.4 is 10.6 Å². The maximum Gasteiger partial charge on any atom is 0.257 e. The molecule has 0 saturated carbocycles. The van der Waals surface area contributed by atoms with Crippen molar-refractivity contribution in [2.24, 2.45) is 11.8 Å². The number of carbonyl (C=O) groups is 2. The van der Waals surface area contributed by atoms with Gasteiger partial charge in [0, 0.05) is 11.4 Å². The highest BCUT2D eigenvalue weighted by Gasteiger charge is 2.30. The van der Waals surface area contributed by atoms with Crippen LogP contribution in [0.25, 0.3) is 0 Å². The monoisotopic (exact) mass is 463 g/mol. The SMILES string of the molecule is CC1CCN(C(CNC(=O)C(NC(=O)c2c(F)cccc2F)C(C)C)c2cccs2)CC1. The Morgan fingerprint density at radius 3 is 2.34 bits per heavy atom. The Balaban J connectivity index is 1.68. The van der Waals surface area contributed by atoms with Crippen LogP contribution in [0.2, 0.25) is 0 Å². The number of nitrogens with one attached hydrogen (secondary N) is 2. The molecule has 0 bridgehead atoms. The number of hydrogen-bond donors (Lipinski definition) is 2. The summed E-state index contributed by atoms with van der Waals surface area (Å²) in [5.41, 5.74) is -0.676. The summed E-state index contributed by atoms with van der Waals surface area (Å²) in [6.07, 6.45) is 2.24. The second-order valence-corrected chi connectivity index (χ2v) is 9.77. The van der Waals surface area contributed by atoms with E-state index in [1.165, 1.54) is 10.9 Å². The molecule has 2 heterocycles. The van der Waals surface area contributed by atoms with E-state index in [0.717, 1.165) is 38.1 Å². The molecule has 1 aliphatic heterocycles. The molecule has 8 heteroatoms. The van der Waals surface area contributed by atoms with Crippen molar-refractivity contribution in [1.29, 1.82) is 0 Å². The van der Waals surface area contributed by atoms with Gasteiger partial charge < -0.3 is 10.6 Å². The van der Waals surface area contributed by atoms with Gasteiger partial charge in [0.1, 0.15) is 23.2 Å². The van der Waals surface area contributed by atoms with E-state index in [-0.39, 0.29) is 17.9 Å². The quantitative estimate of drug-likeness (QED) is 0.611. The fourth-order valence-corrected chi connectivity index (χ4v) is 4.86. The first-order valence-corrected chi connectivity index (χ1v) is 12.0. The normalized spacial score (nSPS) is 17.2. The highest BCUT2D eigenvalue weighted by molar-refractivity contribution is 7.10. The third-order valence-corrected chi connectivity index (χ3v) is 7.00. The van der Waals surface area contributed by atoms with Gasteiger partial charge in [0.15, 0.2) is 0 Å². The second kappa shape index (κ2) is 11.0. The molecule has 1 aliphatic rings. The van der Waals surface area contributed by atoms with Gasteiger partial charge in [-0.2, -0.15) is 0 Å². The lowest BCUT2D eigenvalue weighted by atomic mass is 9.97. The van der Waals surface area contributed by atoms with Crippen LogP contribution in [0.5, 0.6) is 0 Å². The summed E-state index contributed by atoms with van der Waals surface area (Å²) >= 11 is 1.66. The van der Waals surface area contributed by atoms with E-state index in [0.29, 0.717) is 12.5 Å². The van der Waals surface area contributed by atoms with Crippen molar-refractivity contribution >= 4 is 23.2 Å². The fraction of sp³-hybridized carbons (Fsp3) is 0.500. The van der Waals surface area contributed by atoms with Crippen molar-refractivity contribution in [2.45, 2.75) is 45.7 Å². The molecule has 3 rings (SSSR count). The molecule has 2 unspecified atom stereocenters. The molecule has 0 radical (unpaired) electrons. The first-order valence-electron chi connectivity index (χ1n) is 11.1. The lowest BCUT2D eigenvalue weighted by molar-refractivity contribution is -0.124. The molecule has 1 saturated heterocycles. The maximum absolute atomic E-state index is 14.0. The number of carbonyl (C=O) groups excluding carboxylic acids is 2. The number of benzene rings is 1. The molecule has 2 atom stereocenters. The summed E-state index contributed by atoms with van der Waals surface area (Å²) in [6, 6.07) is 6.45. The molecule has 2 amide bonds. The summed E-state index contributed by atoms with van der Waals surface area (Å²) in [5, 5.41) is 7.51. The number of hydrogen-bond acceptors (Lipinski definition) is 4. The molecule has 32 heavy (non-hydrogen) atoms. The Kier molecular flexibility index (Phi) is 8.37. The lowest BCUT2D eigenvalue weighted by Gasteiger charge is -2.36. The molecule has 174 valence electrons. The van der Waals surface area contributed by atoms with Crippen LogP contribution in [0.1, 0.15) is 54.9 Å². The first-order chi connectivity index (χ1) is 15.3.